The van der Waals surface area contributed by atoms with E-state index in [1.165, 1.54) is 0 Å². The average Bonchev–Trinajstić information content (AvgIpc) is 2.38. The Labute approximate surface area is 114 Å². The summed E-state index contributed by atoms with van der Waals surface area (Å²) in [4.78, 5) is 11.9. The summed E-state index contributed by atoms with van der Waals surface area (Å²) in [6.07, 6.45) is 2.46. The molecule has 1 atom stereocenters. The Bertz CT molecular complexity index is 445. The van der Waals surface area contributed by atoms with Crippen LogP contribution in [-0.2, 0) is 11.2 Å². The average molecular weight is 263 g/mol. The van der Waals surface area contributed by atoms with Gasteiger partial charge in [0.15, 0.2) is 11.5 Å². The van der Waals surface area contributed by atoms with Crippen LogP contribution in [0.25, 0.3) is 0 Å². The quantitative estimate of drug-likeness (QED) is 0.886. The highest BCUT2D eigenvalue weighted by molar-refractivity contribution is 5.79. The van der Waals surface area contributed by atoms with Gasteiger partial charge in [-0.05, 0) is 31.0 Å². The molecule has 0 saturated heterocycles. The maximum atomic E-state index is 11.9. The number of ether oxygens (including phenoxy) is 2. The third-order valence-electron chi connectivity index (χ3n) is 3.10. The summed E-state index contributed by atoms with van der Waals surface area (Å²) in [5, 5.41) is 3.00. The van der Waals surface area contributed by atoms with Crippen LogP contribution in [0.15, 0.2) is 18.2 Å². The molecule has 0 spiro atoms. The molecule has 0 aliphatic carbocycles. The number of rotatable bonds is 5. The first-order valence-electron chi connectivity index (χ1n) is 6.87. The number of hydrogen-bond donors (Lipinski definition) is 1. The summed E-state index contributed by atoms with van der Waals surface area (Å²) >= 11 is 0. The number of nitrogens with one attached hydrogen (secondary N) is 1. The summed E-state index contributed by atoms with van der Waals surface area (Å²) in [5.41, 5.74) is 0.949. The molecule has 19 heavy (non-hydrogen) atoms. The third-order valence-corrected chi connectivity index (χ3v) is 3.10. The van der Waals surface area contributed by atoms with Crippen molar-refractivity contribution in [2.45, 2.75) is 39.2 Å². The minimum Gasteiger partial charge on any atom is -0.486 e. The van der Waals surface area contributed by atoms with E-state index < -0.39 is 0 Å². The fourth-order valence-corrected chi connectivity index (χ4v) is 2.21. The molecule has 4 nitrogen and oxygen atoms in total. The molecular formula is C15H21NO3. The lowest BCUT2D eigenvalue weighted by Crippen LogP contribution is -2.33. The lowest BCUT2D eigenvalue weighted by Gasteiger charge is -2.19. The lowest BCUT2D eigenvalue weighted by molar-refractivity contribution is -0.121. The van der Waals surface area contributed by atoms with Crippen LogP contribution in [0.3, 0.4) is 0 Å². The van der Waals surface area contributed by atoms with E-state index >= 15 is 0 Å². The van der Waals surface area contributed by atoms with Crippen LogP contribution in [0.1, 0.15) is 32.3 Å². The van der Waals surface area contributed by atoms with Crippen molar-refractivity contribution < 1.29 is 14.3 Å². The van der Waals surface area contributed by atoms with Crippen LogP contribution in [0.4, 0.5) is 0 Å². The zero-order valence-electron chi connectivity index (χ0n) is 11.6. The third kappa shape index (κ3) is 3.88. The second-order valence-electron chi connectivity index (χ2n) is 4.91. The molecule has 2 rings (SSSR count). The number of hydrogen-bond acceptors (Lipinski definition) is 3. The monoisotopic (exact) mass is 263 g/mol. The van der Waals surface area contributed by atoms with Gasteiger partial charge in [-0.2, -0.15) is 0 Å². The van der Waals surface area contributed by atoms with Crippen molar-refractivity contribution in [3.8, 4) is 11.5 Å². The van der Waals surface area contributed by atoms with Gasteiger partial charge in [-0.1, -0.05) is 19.4 Å². The fraction of sp³-hybridized carbons (Fsp3) is 0.533. The van der Waals surface area contributed by atoms with Gasteiger partial charge in [0.1, 0.15) is 13.2 Å². The highest BCUT2D eigenvalue weighted by atomic mass is 16.6. The number of fused-ring (bicyclic) bond motifs is 1. The first-order chi connectivity index (χ1) is 9.19. The van der Waals surface area contributed by atoms with Crippen LogP contribution in [-0.4, -0.2) is 25.2 Å². The molecule has 1 unspecified atom stereocenters. The Morgan fingerprint density at radius 3 is 2.79 bits per heavy atom. The predicted molar refractivity (Wildman–Crippen MR) is 73.6 cm³/mol. The Kier molecular flexibility index (Phi) is 4.66. The number of benzene rings is 1. The molecule has 1 aromatic carbocycles. The molecule has 0 saturated carbocycles. The maximum Gasteiger partial charge on any atom is 0.224 e. The predicted octanol–water partition coefficient (Wildman–Crippen LogP) is 2.31. The van der Waals surface area contributed by atoms with Crippen LogP contribution in [0.5, 0.6) is 11.5 Å². The SMILES string of the molecule is CCCC(C)NC(=O)Cc1ccc2c(c1)OCCO2. The molecule has 1 amide bonds. The molecule has 0 bridgehead atoms. The first kappa shape index (κ1) is 13.7. The van der Waals surface area contributed by atoms with Gasteiger partial charge < -0.3 is 14.8 Å². The van der Waals surface area contributed by atoms with Gasteiger partial charge in [0.2, 0.25) is 5.91 Å². The molecule has 1 heterocycles. The van der Waals surface area contributed by atoms with Gasteiger partial charge in [-0.3, -0.25) is 4.79 Å². The largest absolute Gasteiger partial charge is 0.486 e. The zero-order valence-corrected chi connectivity index (χ0v) is 11.6. The Morgan fingerprint density at radius 1 is 1.32 bits per heavy atom. The summed E-state index contributed by atoms with van der Waals surface area (Å²) in [7, 11) is 0. The highest BCUT2D eigenvalue weighted by Gasteiger charge is 2.13. The van der Waals surface area contributed by atoms with E-state index in [9.17, 15) is 4.79 Å². The van der Waals surface area contributed by atoms with Gasteiger partial charge in [0, 0.05) is 6.04 Å². The summed E-state index contributed by atoms with van der Waals surface area (Å²) in [5.74, 6) is 1.55. The first-order valence-corrected chi connectivity index (χ1v) is 6.87. The Morgan fingerprint density at radius 2 is 2.05 bits per heavy atom. The van der Waals surface area contributed by atoms with Crippen molar-refractivity contribution in [1.82, 2.24) is 5.32 Å². The molecule has 1 aliphatic rings. The van der Waals surface area contributed by atoms with E-state index in [-0.39, 0.29) is 11.9 Å². The van der Waals surface area contributed by atoms with Gasteiger partial charge in [0.25, 0.3) is 0 Å². The second kappa shape index (κ2) is 6.45. The maximum absolute atomic E-state index is 11.9. The van der Waals surface area contributed by atoms with E-state index in [1.807, 2.05) is 25.1 Å². The number of carbonyl (C=O) groups is 1. The van der Waals surface area contributed by atoms with Crippen molar-refractivity contribution >= 4 is 5.91 Å². The molecule has 1 N–H and O–H groups in total. The smallest absolute Gasteiger partial charge is 0.224 e. The minimum atomic E-state index is 0.0534. The van der Waals surface area contributed by atoms with E-state index in [1.54, 1.807) is 0 Å². The molecule has 1 aromatic rings. The van der Waals surface area contributed by atoms with Crippen molar-refractivity contribution in [3.63, 3.8) is 0 Å². The molecule has 104 valence electrons. The van der Waals surface area contributed by atoms with E-state index in [0.29, 0.717) is 19.6 Å². The van der Waals surface area contributed by atoms with Gasteiger partial charge in [0.05, 0.1) is 6.42 Å². The summed E-state index contributed by atoms with van der Waals surface area (Å²) in [6, 6.07) is 5.90. The van der Waals surface area contributed by atoms with Crippen LogP contribution >= 0.6 is 0 Å². The number of amides is 1. The molecular weight excluding hydrogens is 242 g/mol. The lowest BCUT2D eigenvalue weighted by atomic mass is 10.1. The molecule has 0 aromatic heterocycles. The zero-order chi connectivity index (χ0) is 13.7. The summed E-state index contributed by atoms with van der Waals surface area (Å²) in [6.45, 7) is 5.30. The van der Waals surface area contributed by atoms with Crippen molar-refractivity contribution in [3.05, 3.63) is 23.8 Å². The van der Waals surface area contributed by atoms with Gasteiger partial charge in [-0.25, -0.2) is 0 Å². The second-order valence-corrected chi connectivity index (χ2v) is 4.91. The molecule has 1 aliphatic heterocycles. The van der Waals surface area contributed by atoms with Crippen molar-refractivity contribution in [1.29, 1.82) is 0 Å². The van der Waals surface area contributed by atoms with Crippen molar-refractivity contribution in [2.75, 3.05) is 13.2 Å². The van der Waals surface area contributed by atoms with Crippen LogP contribution in [0, 0.1) is 0 Å². The topological polar surface area (TPSA) is 47.6 Å². The molecule has 4 heteroatoms. The van der Waals surface area contributed by atoms with Gasteiger partial charge >= 0.3 is 0 Å². The van der Waals surface area contributed by atoms with Crippen LogP contribution < -0.4 is 14.8 Å². The van der Waals surface area contributed by atoms with E-state index in [2.05, 4.69) is 12.2 Å². The fourth-order valence-electron chi connectivity index (χ4n) is 2.21. The summed E-state index contributed by atoms with van der Waals surface area (Å²) < 4.78 is 11.0. The normalized spacial score (nSPS) is 14.8. The molecule has 0 fully saturated rings. The Hall–Kier alpha value is -1.71. The van der Waals surface area contributed by atoms with Crippen LogP contribution in [0.2, 0.25) is 0 Å². The van der Waals surface area contributed by atoms with E-state index in [0.717, 1.165) is 29.9 Å². The number of carbonyl (C=O) groups excluding carboxylic acids is 1. The van der Waals surface area contributed by atoms with Gasteiger partial charge in [-0.15, -0.1) is 0 Å². The van der Waals surface area contributed by atoms with E-state index in [4.69, 9.17) is 9.47 Å². The standard InChI is InChI=1S/C15H21NO3/c1-3-4-11(2)16-15(17)10-12-5-6-13-14(9-12)19-8-7-18-13/h5-6,9,11H,3-4,7-8,10H2,1-2H3,(H,16,17). The van der Waals surface area contributed by atoms with Crippen molar-refractivity contribution in [2.24, 2.45) is 0 Å². The molecule has 0 radical (unpaired) electrons. The highest BCUT2D eigenvalue weighted by Crippen LogP contribution is 2.30. The minimum absolute atomic E-state index is 0.0534. The Balaban J connectivity index is 1.93.